The van der Waals surface area contributed by atoms with Crippen molar-refractivity contribution in [3.63, 3.8) is 0 Å². The third-order valence-electron chi connectivity index (χ3n) is 2.97. The Kier molecular flexibility index (Phi) is 4.15. The lowest BCUT2D eigenvalue weighted by atomic mass is 10.1. The summed E-state index contributed by atoms with van der Waals surface area (Å²) >= 11 is 0. The van der Waals surface area contributed by atoms with Crippen LogP contribution in [0.2, 0.25) is 0 Å². The van der Waals surface area contributed by atoms with Gasteiger partial charge in [0.1, 0.15) is 0 Å². The molecule has 2 aromatic rings. The van der Waals surface area contributed by atoms with Crippen LogP contribution in [0.25, 0.3) is 11.3 Å². The molecule has 0 bridgehead atoms. The third kappa shape index (κ3) is 2.99. The van der Waals surface area contributed by atoms with Gasteiger partial charge in [-0.05, 0) is 25.3 Å². The fourth-order valence-electron chi connectivity index (χ4n) is 1.85. The molecule has 1 aromatic heterocycles. The molecule has 0 aliphatic heterocycles. The highest BCUT2D eigenvalue weighted by Crippen LogP contribution is 2.23. The summed E-state index contributed by atoms with van der Waals surface area (Å²) in [4.78, 5) is 4.17. The lowest BCUT2D eigenvalue weighted by molar-refractivity contribution is 0.473. The lowest BCUT2D eigenvalue weighted by Gasteiger charge is -2.01. The molecule has 18 heavy (non-hydrogen) atoms. The Bertz CT molecular complexity index is 485. The lowest BCUT2D eigenvalue weighted by Crippen LogP contribution is -2.04. The molecule has 0 saturated heterocycles. The van der Waals surface area contributed by atoms with Crippen molar-refractivity contribution in [2.24, 2.45) is 5.73 Å². The number of unbranched alkanes of at least 4 members (excludes halogenated alkanes) is 1. The zero-order valence-electron chi connectivity index (χ0n) is 11.0. The van der Waals surface area contributed by atoms with Crippen LogP contribution in [-0.2, 0) is 6.42 Å². The number of hydrogen-bond acceptors (Lipinski definition) is 3. The molecule has 1 heterocycles. The number of nitrogens with two attached hydrogens (primary N) is 1. The van der Waals surface area contributed by atoms with E-state index in [1.54, 1.807) is 6.20 Å². The Morgan fingerprint density at radius 3 is 2.56 bits per heavy atom. The first-order valence-electron chi connectivity index (χ1n) is 6.51. The second kappa shape index (κ2) is 5.83. The molecule has 1 aromatic carbocycles. The van der Waals surface area contributed by atoms with Gasteiger partial charge in [0.2, 0.25) is 5.89 Å². The molecular formula is C15H20N2O. The molecule has 1 unspecified atom stereocenters. The summed E-state index contributed by atoms with van der Waals surface area (Å²) < 4.78 is 5.62. The molecule has 1 atom stereocenters. The van der Waals surface area contributed by atoms with Gasteiger partial charge in [0.25, 0.3) is 0 Å². The number of oxazole rings is 1. The van der Waals surface area contributed by atoms with Gasteiger partial charge >= 0.3 is 0 Å². The predicted octanol–water partition coefficient (Wildman–Crippen LogP) is 3.70. The summed E-state index contributed by atoms with van der Waals surface area (Å²) in [6.45, 7) is 4.07. The number of rotatable bonds is 5. The van der Waals surface area contributed by atoms with Gasteiger partial charge in [-0.25, -0.2) is 4.98 Å². The third-order valence-corrected chi connectivity index (χ3v) is 2.97. The van der Waals surface area contributed by atoms with Gasteiger partial charge in [-0.3, -0.25) is 0 Å². The highest BCUT2D eigenvalue weighted by Gasteiger charge is 2.09. The Morgan fingerprint density at radius 2 is 2.00 bits per heavy atom. The molecule has 3 nitrogen and oxygen atoms in total. The average Bonchev–Trinajstić information content (AvgIpc) is 2.87. The second-order valence-electron chi connectivity index (χ2n) is 4.65. The molecule has 96 valence electrons. The maximum Gasteiger partial charge on any atom is 0.211 e. The van der Waals surface area contributed by atoms with E-state index in [9.17, 15) is 0 Å². The van der Waals surface area contributed by atoms with E-state index in [1.807, 2.05) is 6.92 Å². The van der Waals surface area contributed by atoms with Crippen LogP contribution in [0, 0.1) is 0 Å². The highest BCUT2D eigenvalue weighted by molar-refractivity contribution is 5.56. The van der Waals surface area contributed by atoms with E-state index in [4.69, 9.17) is 10.2 Å². The zero-order chi connectivity index (χ0) is 13.0. The van der Waals surface area contributed by atoms with Crippen LogP contribution >= 0.6 is 0 Å². The summed E-state index contributed by atoms with van der Waals surface area (Å²) in [6.07, 6.45) is 5.33. The fourth-order valence-corrected chi connectivity index (χ4v) is 1.85. The Labute approximate surface area is 108 Å². The van der Waals surface area contributed by atoms with Crippen molar-refractivity contribution < 1.29 is 4.42 Å². The Balaban J connectivity index is 2.12. The largest absolute Gasteiger partial charge is 0.439 e. The van der Waals surface area contributed by atoms with Gasteiger partial charge in [-0.1, -0.05) is 37.6 Å². The summed E-state index contributed by atoms with van der Waals surface area (Å²) in [5.41, 5.74) is 8.15. The minimum Gasteiger partial charge on any atom is -0.439 e. The van der Waals surface area contributed by atoms with Gasteiger partial charge in [-0.15, -0.1) is 0 Å². The van der Waals surface area contributed by atoms with Crippen LogP contribution in [0.1, 0.15) is 44.2 Å². The maximum atomic E-state index is 5.73. The molecular weight excluding hydrogens is 224 g/mol. The molecule has 3 heteroatoms. The summed E-state index contributed by atoms with van der Waals surface area (Å²) in [7, 11) is 0. The monoisotopic (exact) mass is 244 g/mol. The molecule has 0 amide bonds. The Morgan fingerprint density at radius 1 is 1.28 bits per heavy atom. The van der Waals surface area contributed by atoms with Crippen LogP contribution in [0.15, 0.2) is 34.9 Å². The van der Waals surface area contributed by atoms with Crippen molar-refractivity contribution in [1.29, 1.82) is 0 Å². The van der Waals surface area contributed by atoms with Crippen molar-refractivity contribution in [3.8, 4) is 11.3 Å². The van der Waals surface area contributed by atoms with Gasteiger partial charge in [0.05, 0.1) is 12.2 Å². The van der Waals surface area contributed by atoms with Gasteiger partial charge < -0.3 is 10.2 Å². The summed E-state index contributed by atoms with van der Waals surface area (Å²) in [6, 6.07) is 8.30. The van der Waals surface area contributed by atoms with Crippen LogP contribution in [0.4, 0.5) is 0 Å². The molecule has 0 spiro atoms. The average molecular weight is 244 g/mol. The van der Waals surface area contributed by atoms with E-state index in [2.05, 4.69) is 36.2 Å². The molecule has 2 N–H and O–H groups in total. The standard InChI is InChI=1S/C15H20N2O/c1-3-4-5-12-6-8-13(9-7-12)14-10-17-15(18-14)11(2)16/h6-11H,3-5,16H2,1-2H3. The number of nitrogens with zero attached hydrogens (tertiary/aromatic N) is 1. The first-order chi connectivity index (χ1) is 8.70. The van der Waals surface area contributed by atoms with Crippen molar-refractivity contribution in [2.45, 2.75) is 39.2 Å². The van der Waals surface area contributed by atoms with Gasteiger partial charge in [-0.2, -0.15) is 0 Å². The number of benzene rings is 1. The molecule has 0 aliphatic rings. The molecule has 0 saturated carbocycles. The first kappa shape index (κ1) is 12.8. The second-order valence-corrected chi connectivity index (χ2v) is 4.65. The normalized spacial score (nSPS) is 12.6. The summed E-state index contributed by atoms with van der Waals surface area (Å²) in [5.74, 6) is 1.37. The molecule has 0 aliphatic carbocycles. The maximum absolute atomic E-state index is 5.73. The Hall–Kier alpha value is -1.61. The number of aryl methyl sites for hydroxylation is 1. The van der Waals surface area contributed by atoms with E-state index in [-0.39, 0.29) is 6.04 Å². The minimum absolute atomic E-state index is 0.164. The minimum atomic E-state index is -0.164. The van der Waals surface area contributed by atoms with Crippen LogP contribution in [-0.4, -0.2) is 4.98 Å². The van der Waals surface area contributed by atoms with Crippen molar-refractivity contribution >= 4 is 0 Å². The number of aromatic nitrogens is 1. The van der Waals surface area contributed by atoms with Crippen LogP contribution in [0.3, 0.4) is 0 Å². The van der Waals surface area contributed by atoms with E-state index < -0.39 is 0 Å². The zero-order valence-corrected chi connectivity index (χ0v) is 11.0. The van der Waals surface area contributed by atoms with Crippen LogP contribution < -0.4 is 5.73 Å². The van der Waals surface area contributed by atoms with E-state index in [0.717, 1.165) is 17.7 Å². The highest BCUT2D eigenvalue weighted by atomic mass is 16.4. The predicted molar refractivity (Wildman–Crippen MR) is 73.2 cm³/mol. The molecule has 0 radical (unpaired) electrons. The number of hydrogen-bond donors (Lipinski definition) is 1. The molecule has 0 fully saturated rings. The first-order valence-corrected chi connectivity index (χ1v) is 6.51. The van der Waals surface area contributed by atoms with Gasteiger partial charge in [0, 0.05) is 5.56 Å². The van der Waals surface area contributed by atoms with Crippen molar-refractivity contribution in [3.05, 3.63) is 41.9 Å². The van der Waals surface area contributed by atoms with E-state index in [1.165, 1.54) is 18.4 Å². The van der Waals surface area contributed by atoms with E-state index in [0.29, 0.717) is 5.89 Å². The van der Waals surface area contributed by atoms with Crippen molar-refractivity contribution in [2.75, 3.05) is 0 Å². The molecule has 2 rings (SSSR count). The van der Waals surface area contributed by atoms with Crippen LogP contribution in [0.5, 0.6) is 0 Å². The topological polar surface area (TPSA) is 52.0 Å². The van der Waals surface area contributed by atoms with E-state index >= 15 is 0 Å². The van der Waals surface area contributed by atoms with Crippen molar-refractivity contribution in [1.82, 2.24) is 4.98 Å². The smallest absolute Gasteiger partial charge is 0.211 e. The SMILES string of the molecule is CCCCc1ccc(-c2cnc(C(C)N)o2)cc1. The summed E-state index contributed by atoms with van der Waals surface area (Å²) in [5, 5.41) is 0. The fraction of sp³-hybridized carbons (Fsp3) is 0.400. The quantitative estimate of drug-likeness (QED) is 0.872. The van der Waals surface area contributed by atoms with Gasteiger partial charge in [0.15, 0.2) is 5.76 Å².